The molecular weight excluding hydrogens is 404 g/mol. The highest BCUT2D eigenvalue weighted by Gasteiger charge is 2.80. The minimum absolute atomic E-state index is 4.38. The number of nitrogens with zero attached hydrogens (tertiary/aromatic N) is 2. The number of hydrogen-bond acceptors (Lipinski definition) is 2. The average Bonchev–Trinajstić information content (AvgIpc) is 2.17. The van der Waals surface area contributed by atoms with Crippen LogP contribution in [-0.4, -0.2) is 47.1 Å². The van der Waals surface area contributed by atoms with E-state index < -0.39 is 47.1 Å². The minimum atomic E-state index is -7.82. The van der Waals surface area contributed by atoms with Crippen molar-refractivity contribution in [3.63, 3.8) is 0 Å². The summed E-state index contributed by atoms with van der Waals surface area (Å²) in [6.07, 6.45) is -30.5. The summed E-state index contributed by atoms with van der Waals surface area (Å²) < 4.78 is 194. The molecule has 0 fully saturated rings. The summed E-state index contributed by atoms with van der Waals surface area (Å²) in [5.41, 5.74) is 0. The van der Waals surface area contributed by atoms with E-state index >= 15 is 0 Å². The Hall–Kier alpha value is -1.20. The molecule has 0 aliphatic heterocycles. The molecule has 2 nitrogen and oxygen atoms in total. The second kappa shape index (κ2) is 5.67. The van der Waals surface area contributed by atoms with Crippen molar-refractivity contribution in [1.29, 1.82) is 0 Å². The standard InChI is InChI=1S/C6F16N2/c7-1(8,9)3(13,14)23(5(17,18)19)24(6(20,21)22)4(15,16)2(10,11)12. The predicted molar refractivity (Wildman–Crippen MR) is 37.8 cm³/mol. The lowest BCUT2D eigenvalue weighted by Gasteiger charge is -2.43. The Bertz CT molecular complexity index is 393. The number of halogens is 16. The van der Waals surface area contributed by atoms with E-state index in [2.05, 4.69) is 0 Å². The van der Waals surface area contributed by atoms with Crippen LogP contribution in [0.4, 0.5) is 70.2 Å². The first kappa shape index (κ1) is 22.8. The first-order chi connectivity index (χ1) is 9.99. The highest BCUT2D eigenvalue weighted by atomic mass is 19.4. The smallest absolute Gasteiger partial charge is 0.176 e. The van der Waals surface area contributed by atoms with Gasteiger partial charge in [0.1, 0.15) is 0 Å². The van der Waals surface area contributed by atoms with Crippen LogP contribution in [0.25, 0.3) is 0 Å². The molecule has 24 heavy (non-hydrogen) atoms. The second-order valence-corrected chi connectivity index (χ2v) is 3.64. The summed E-state index contributed by atoms with van der Waals surface area (Å²) in [7, 11) is 0. The molecule has 0 N–H and O–H groups in total. The SMILES string of the molecule is FC(F)(F)N(N(C(F)(F)F)C(F)(F)C(F)(F)F)C(F)(F)C(F)(F)F. The van der Waals surface area contributed by atoms with Crippen molar-refractivity contribution in [2.75, 3.05) is 0 Å². The fraction of sp³-hybridized carbons (Fsp3) is 1.00. The summed E-state index contributed by atoms with van der Waals surface area (Å²) in [6.45, 7) is 0. The topological polar surface area (TPSA) is 6.48 Å². The Morgan fingerprint density at radius 2 is 0.500 bits per heavy atom. The van der Waals surface area contributed by atoms with Crippen LogP contribution in [0, 0.1) is 0 Å². The van der Waals surface area contributed by atoms with Crippen LogP contribution in [0.15, 0.2) is 0 Å². The van der Waals surface area contributed by atoms with Crippen LogP contribution in [0.2, 0.25) is 0 Å². The van der Waals surface area contributed by atoms with Gasteiger partial charge in [-0.25, -0.2) is 0 Å². The Balaban J connectivity index is 6.72. The third-order valence-corrected chi connectivity index (χ3v) is 1.89. The van der Waals surface area contributed by atoms with Gasteiger partial charge in [-0.2, -0.15) is 70.2 Å². The molecule has 0 aromatic rings. The summed E-state index contributed by atoms with van der Waals surface area (Å²) >= 11 is 0. The van der Waals surface area contributed by atoms with Crippen molar-refractivity contribution in [2.45, 2.75) is 37.0 Å². The quantitative estimate of drug-likeness (QED) is 0.377. The average molecular weight is 404 g/mol. The molecule has 0 heterocycles. The van der Waals surface area contributed by atoms with E-state index in [1.807, 2.05) is 0 Å². The first-order valence-corrected chi connectivity index (χ1v) is 4.62. The van der Waals surface area contributed by atoms with E-state index in [9.17, 15) is 70.2 Å². The molecule has 0 aliphatic rings. The lowest BCUT2D eigenvalue weighted by Crippen LogP contribution is -2.74. The maximum absolute atomic E-state index is 12.6. The zero-order chi connectivity index (χ0) is 20.2. The van der Waals surface area contributed by atoms with Crippen LogP contribution in [0.1, 0.15) is 0 Å². The van der Waals surface area contributed by atoms with Crippen LogP contribution < -0.4 is 0 Å². The fourth-order valence-corrected chi connectivity index (χ4v) is 1.04. The van der Waals surface area contributed by atoms with Gasteiger partial charge in [-0.15, -0.1) is 0 Å². The van der Waals surface area contributed by atoms with E-state index in [1.165, 1.54) is 0 Å². The number of alkyl halides is 16. The molecule has 0 atom stereocenters. The van der Waals surface area contributed by atoms with Crippen LogP contribution in [0.5, 0.6) is 0 Å². The molecule has 0 radical (unpaired) electrons. The largest absolute Gasteiger partial charge is 0.479 e. The van der Waals surface area contributed by atoms with E-state index in [0.717, 1.165) is 0 Å². The van der Waals surface area contributed by atoms with Crippen molar-refractivity contribution in [3.05, 3.63) is 0 Å². The van der Waals surface area contributed by atoms with Gasteiger partial charge in [-0.1, -0.05) is 10.0 Å². The van der Waals surface area contributed by atoms with E-state index in [-0.39, 0.29) is 0 Å². The normalized spacial score (nSPS) is 16.2. The van der Waals surface area contributed by atoms with E-state index in [0.29, 0.717) is 0 Å². The molecule has 18 heteroatoms. The summed E-state index contributed by atoms with van der Waals surface area (Å²) in [4.78, 5) is 0. The van der Waals surface area contributed by atoms with E-state index in [4.69, 9.17) is 0 Å². The van der Waals surface area contributed by atoms with Gasteiger partial charge in [0.05, 0.1) is 0 Å². The van der Waals surface area contributed by atoms with Crippen molar-refractivity contribution < 1.29 is 70.2 Å². The van der Waals surface area contributed by atoms with Crippen LogP contribution in [-0.2, 0) is 0 Å². The molecule has 0 rings (SSSR count). The molecule has 0 unspecified atom stereocenters. The van der Waals surface area contributed by atoms with E-state index in [1.54, 1.807) is 0 Å². The van der Waals surface area contributed by atoms with Gasteiger partial charge >= 0.3 is 37.0 Å². The third kappa shape index (κ3) is 4.06. The fourth-order valence-electron chi connectivity index (χ4n) is 1.04. The van der Waals surface area contributed by atoms with Crippen LogP contribution in [0.3, 0.4) is 0 Å². The molecule has 0 saturated heterocycles. The maximum atomic E-state index is 12.6. The highest BCUT2D eigenvalue weighted by molar-refractivity contribution is 4.85. The summed E-state index contributed by atoms with van der Waals surface area (Å²) in [5, 5.41) is -8.76. The molecule has 0 amide bonds. The van der Waals surface area contributed by atoms with Gasteiger partial charge in [0.2, 0.25) is 0 Å². The minimum Gasteiger partial charge on any atom is -0.176 e. The monoisotopic (exact) mass is 404 g/mol. The van der Waals surface area contributed by atoms with Crippen LogP contribution >= 0.6 is 0 Å². The van der Waals surface area contributed by atoms with Gasteiger partial charge in [-0.05, 0) is 0 Å². The predicted octanol–water partition coefficient (Wildman–Crippen LogP) is 4.86. The molecule has 0 spiro atoms. The van der Waals surface area contributed by atoms with Crippen molar-refractivity contribution in [1.82, 2.24) is 10.0 Å². The Morgan fingerprint density at radius 3 is 0.583 bits per heavy atom. The number of hydrogen-bond donors (Lipinski definition) is 0. The zero-order valence-corrected chi connectivity index (χ0v) is 9.94. The van der Waals surface area contributed by atoms with Gasteiger partial charge in [-0.3, -0.25) is 0 Å². The maximum Gasteiger partial charge on any atom is 0.479 e. The van der Waals surface area contributed by atoms with Gasteiger partial charge < -0.3 is 0 Å². The number of rotatable bonds is 3. The Morgan fingerprint density at radius 1 is 0.333 bits per heavy atom. The second-order valence-electron chi connectivity index (χ2n) is 3.64. The Labute approximate surface area is 119 Å². The number of hydrazine groups is 1. The lowest BCUT2D eigenvalue weighted by molar-refractivity contribution is -0.551. The molecule has 0 aromatic carbocycles. The molecule has 0 bridgehead atoms. The summed E-state index contributed by atoms with van der Waals surface area (Å²) in [5.74, 6) is 0. The van der Waals surface area contributed by atoms with Gasteiger partial charge in [0.15, 0.2) is 0 Å². The molecule has 0 aromatic heterocycles. The molecule has 0 aliphatic carbocycles. The third-order valence-electron chi connectivity index (χ3n) is 1.89. The Kier molecular flexibility index (Phi) is 5.38. The van der Waals surface area contributed by atoms with Crippen molar-refractivity contribution in [2.24, 2.45) is 0 Å². The first-order valence-electron chi connectivity index (χ1n) is 4.62. The lowest BCUT2D eigenvalue weighted by atomic mass is 10.4. The zero-order valence-electron chi connectivity index (χ0n) is 9.94. The van der Waals surface area contributed by atoms with Gasteiger partial charge in [0, 0.05) is 0 Å². The molecule has 146 valence electrons. The molecule has 0 saturated carbocycles. The van der Waals surface area contributed by atoms with Crippen molar-refractivity contribution in [3.8, 4) is 0 Å². The van der Waals surface area contributed by atoms with Crippen molar-refractivity contribution >= 4 is 0 Å². The highest BCUT2D eigenvalue weighted by Crippen LogP contribution is 2.52. The van der Waals surface area contributed by atoms with Gasteiger partial charge in [0.25, 0.3) is 0 Å². The molecular formula is C6F16N2. The summed E-state index contributed by atoms with van der Waals surface area (Å²) in [6, 6.07) is -15.6.